The smallest absolute Gasteiger partial charge is 0.335 e. The Morgan fingerprint density at radius 2 is 1.79 bits per heavy atom. The zero-order chi connectivity index (χ0) is 26.6. The molecule has 1 aliphatic carbocycles. The number of aliphatic carboxylic acids is 1. The van der Waals surface area contributed by atoms with E-state index in [0.717, 1.165) is 45.2 Å². The van der Waals surface area contributed by atoms with Crippen LogP contribution in [0.3, 0.4) is 0 Å². The summed E-state index contributed by atoms with van der Waals surface area (Å²) in [6.07, 6.45) is 1.77. The summed E-state index contributed by atoms with van der Waals surface area (Å²) in [5.74, 6) is -0.185. The van der Waals surface area contributed by atoms with Gasteiger partial charge in [0.15, 0.2) is 0 Å². The maximum Gasteiger partial charge on any atom is 0.335 e. The summed E-state index contributed by atoms with van der Waals surface area (Å²) < 4.78 is 7.12. The number of ether oxygens (including phenoxy) is 1. The molecule has 0 fully saturated rings. The van der Waals surface area contributed by atoms with E-state index in [1.165, 1.54) is 11.1 Å². The van der Waals surface area contributed by atoms with Gasteiger partial charge >= 0.3 is 11.9 Å². The lowest BCUT2D eigenvalue weighted by atomic mass is 9.95. The van der Waals surface area contributed by atoms with Crippen molar-refractivity contribution in [2.24, 2.45) is 5.92 Å². The summed E-state index contributed by atoms with van der Waals surface area (Å²) in [5.41, 5.74) is 5.51. The number of carbonyl (C=O) groups is 2. The molecule has 0 aliphatic heterocycles. The second-order valence-corrected chi connectivity index (χ2v) is 11.6. The van der Waals surface area contributed by atoms with E-state index in [2.05, 4.69) is 28.1 Å². The highest BCUT2D eigenvalue weighted by Gasteiger charge is 2.33. The highest BCUT2D eigenvalue weighted by molar-refractivity contribution is 9.10. The zero-order valence-electron chi connectivity index (χ0n) is 20.5. The van der Waals surface area contributed by atoms with Crippen LogP contribution in [0.1, 0.15) is 44.4 Å². The minimum atomic E-state index is -0.939. The maximum atomic E-state index is 11.2. The molecule has 2 atom stereocenters. The van der Waals surface area contributed by atoms with Crippen LogP contribution in [0.2, 0.25) is 0 Å². The first kappa shape index (κ1) is 26.3. The zero-order valence-corrected chi connectivity index (χ0v) is 22.9. The molecular formula is C30H26BrNO5S. The van der Waals surface area contributed by atoms with Gasteiger partial charge in [0.1, 0.15) is 12.4 Å². The predicted molar refractivity (Wildman–Crippen MR) is 152 cm³/mol. The third-order valence-electron chi connectivity index (χ3n) is 6.74. The second-order valence-electron chi connectivity index (χ2n) is 9.39. The predicted octanol–water partition coefficient (Wildman–Crippen LogP) is 6.94. The molecule has 38 heavy (non-hydrogen) atoms. The van der Waals surface area contributed by atoms with Gasteiger partial charge in [0, 0.05) is 20.9 Å². The summed E-state index contributed by atoms with van der Waals surface area (Å²) in [5, 5.41) is 19.6. The monoisotopic (exact) mass is 591 g/mol. The molecule has 0 spiro atoms. The number of nitrogens with zero attached hydrogens (tertiary/aromatic N) is 1. The minimum Gasteiger partial charge on any atom is -0.487 e. The van der Waals surface area contributed by atoms with Crippen LogP contribution in [-0.2, 0) is 24.2 Å². The van der Waals surface area contributed by atoms with Crippen LogP contribution in [0, 0.1) is 5.92 Å². The lowest BCUT2D eigenvalue weighted by Crippen LogP contribution is -2.10. The lowest BCUT2D eigenvalue weighted by Gasteiger charge is -2.20. The van der Waals surface area contributed by atoms with Crippen LogP contribution < -0.4 is 4.74 Å². The number of aromatic carboxylic acids is 1. The van der Waals surface area contributed by atoms with E-state index in [0.29, 0.717) is 12.4 Å². The number of carboxylic acids is 2. The second kappa shape index (κ2) is 11.6. The largest absolute Gasteiger partial charge is 0.487 e. The van der Waals surface area contributed by atoms with E-state index in [4.69, 9.17) is 14.8 Å². The average Bonchev–Trinajstić information content (AvgIpc) is 3.23. The van der Waals surface area contributed by atoms with Crippen molar-refractivity contribution < 1.29 is 24.5 Å². The van der Waals surface area contributed by atoms with E-state index in [1.807, 2.05) is 48.5 Å². The van der Waals surface area contributed by atoms with Crippen molar-refractivity contribution in [2.75, 3.05) is 5.75 Å². The number of benzene rings is 3. The summed E-state index contributed by atoms with van der Waals surface area (Å²) >= 11 is 5.17. The number of rotatable bonds is 10. The van der Waals surface area contributed by atoms with Crippen LogP contribution in [-0.4, -0.2) is 32.9 Å². The van der Waals surface area contributed by atoms with Crippen molar-refractivity contribution in [1.82, 2.24) is 4.98 Å². The van der Waals surface area contributed by atoms with E-state index < -0.39 is 11.9 Å². The summed E-state index contributed by atoms with van der Waals surface area (Å²) in [7, 11) is 0. The van der Waals surface area contributed by atoms with Crippen LogP contribution in [0.15, 0.2) is 77.3 Å². The molecule has 0 radical (unpaired) electrons. The molecule has 1 aliphatic rings. The van der Waals surface area contributed by atoms with Crippen molar-refractivity contribution in [2.45, 2.75) is 31.1 Å². The van der Waals surface area contributed by atoms with Gasteiger partial charge in [0.05, 0.1) is 23.2 Å². The molecule has 0 bridgehead atoms. The Bertz CT molecular complexity index is 1490. The van der Waals surface area contributed by atoms with Crippen LogP contribution in [0.4, 0.5) is 0 Å². The van der Waals surface area contributed by atoms with Gasteiger partial charge in [-0.05, 0) is 77.9 Å². The van der Waals surface area contributed by atoms with Gasteiger partial charge in [0.2, 0.25) is 0 Å². The lowest BCUT2D eigenvalue weighted by molar-refractivity contribution is -0.136. The number of hydrogen-bond acceptors (Lipinski definition) is 5. The number of pyridine rings is 1. The number of halogens is 1. The Morgan fingerprint density at radius 3 is 2.55 bits per heavy atom. The van der Waals surface area contributed by atoms with Gasteiger partial charge in [-0.3, -0.25) is 4.79 Å². The molecule has 2 N–H and O–H groups in total. The quantitative estimate of drug-likeness (QED) is 0.206. The van der Waals surface area contributed by atoms with Crippen molar-refractivity contribution in [1.29, 1.82) is 0 Å². The van der Waals surface area contributed by atoms with Gasteiger partial charge in [0.25, 0.3) is 0 Å². The first-order chi connectivity index (χ1) is 18.4. The van der Waals surface area contributed by atoms with Gasteiger partial charge < -0.3 is 14.9 Å². The molecule has 1 heterocycles. The van der Waals surface area contributed by atoms with Crippen molar-refractivity contribution >= 4 is 50.5 Å². The van der Waals surface area contributed by atoms with E-state index in [-0.39, 0.29) is 23.2 Å². The molecule has 8 heteroatoms. The highest BCUT2D eigenvalue weighted by Crippen LogP contribution is 2.48. The van der Waals surface area contributed by atoms with E-state index in [1.54, 1.807) is 23.9 Å². The fourth-order valence-electron chi connectivity index (χ4n) is 4.89. The van der Waals surface area contributed by atoms with Crippen LogP contribution in [0.25, 0.3) is 10.9 Å². The standard InChI is InChI=1S/C30H26BrNO5S/c31-23-8-5-19-6-9-24(32-27(19)15-23)17-37-25-10-7-21-14-22(13-18-1-3-20(4-2-18)30(35)36)29(26(21)16-25)38-12-11-28(33)34/h1-10,15-16,22,29H,11-14,17H2,(H,33,34)(H,35,36). The molecule has 1 aromatic heterocycles. The van der Waals surface area contributed by atoms with Gasteiger partial charge in [-0.2, -0.15) is 11.8 Å². The molecule has 4 aromatic rings. The minimum absolute atomic E-state index is 0.108. The summed E-state index contributed by atoms with van der Waals surface area (Å²) in [6.45, 7) is 0.345. The van der Waals surface area contributed by atoms with Gasteiger partial charge in [-0.15, -0.1) is 0 Å². The third kappa shape index (κ3) is 6.19. The first-order valence-electron chi connectivity index (χ1n) is 12.3. The maximum absolute atomic E-state index is 11.2. The fraction of sp³-hybridized carbons (Fsp3) is 0.233. The molecule has 2 unspecified atom stereocenters. The van der Waals surface area contributed by atoms with E-state index >= 15 is 0 Å². The van der Waals surface area contributed by atoms with Crippen LogP contribution in [0.5, 0.6) is 5.75 Å². The van der Waals surface area contributed by atoms with Gasteiger partial charge in [-0.1, -0.05) is 46.3 Å². The average molecular weight is 593 g/mol. The molecule has 5 rings (SSSR count). The summed E-state index contributed by atoms with van der Waals surface area (Å²) in [4.78, 5) is 27.1. The van der Waals surface area contributed by atoms with Gasteiger partial charge in [-0.25, -0.2) is 9.78 Å². The SMILES string of the molecule is O=C(O)CCSC1c2cc(OCc3ccc4ccc(Br)cc4n3)ccc2CC1Cc1ccc(C(=O)O)cc1. The third-order valence-corrected chi connectivity index (χ3v) is 8.68. The van der Waals surface area contributed by atoms with E-state index in [9.17, 15) is 14.7 Å². The summed E-state index contributed by atoms with van der Waals surface area (Å²) in [6, 6.07) is 23.2. The topological polar surface area (TPSA) is 96.7 Å². The normalized spacial score (nSPS) is 16.3. The Balaban J connectivity index is 1.32. The Morgan fingerprint density at radius 1 is 1.00 bits per heavy atom. The molecule has 0 saturated heterocycles. The van der Waals surface area contributed by atoms with Crippen molar-refractivity contribution in [3.63, 3.8) is 0 Å². The molecular weight excluding hydrogens is 566 g/mol. The molecule has 0 amide bonds. The Labute approximate surface area is 233 Å². The van der Waals surface area contributed by atoms with Crippen molar-refractivity contribution in [3.05, 3.63) is 105 Å². The Hall–Kier alpha value is -3.36. The Kier molecular flexibility index (Phi) is 8.00. The number of carboxylic acid groups (broad SMARTS) is 2. The molecule has 194 valence electrons. The van der Waals surface area contributed by atoms with Crippen molar-refractivity contribution in [3.8, 4) is 5.75 Å². The number of thioether (sulfide) groups is 1. The van der Waals surface area contributed by atoms with Crippen LogP contribution >= 0.6 is 27.7 Å². The molecule has 0 saturated carbocycles. The number of hydrogen-bond donors (Lipinski definition) is 2. The highest BCUT2D eigenvalue weighted by atomic mass is 79.9. The molecule has 6 nitrogen and oxygen atoms in total. The number of fused-ring (bicyclic) bond motifs is 2. The fourth-order valence-corrected chi connectivity index (χ4v) is 6.65. The molecule has 3 aromatic carbocycles. The first-order valence-corrected chi connectivity index (χ1v) is 14.2. The number of aromatic nitrogens is 1.